The molecular weight excluding hydrogens is 244 g/mol. The molecule has 0 unspecified atom stereocenters. The quantitative estimate of drug-likeness (QED) is 0.524. The van der Waals surface area contributed by atoms with Crippen LogP contribution < -0.4 is 15.4 Å². The highest BCUT2D eigenvalue weighted by molar-refractivity contribution is 5.48. The number of methoxy groups -OCH3 is 1. The molecule has 0 atom stereocenters. The van der Waals surface area contributed by atoms with Gasteiger partial charge in [-0.15, -0.1) is 0 Å². The summed E-state index contributed by atoms with van der Waals surface area (Å²) in [5.41, 5.74) is 0. The lowest BCUT2D eigenvalue weighted by atomic mass is 10.4. The van der Waals surface area contributed by atoms with Gasteiger partial charge in [-0.05, 0) is 26.8 Å². The third-order valence-corrected chi connectivity index (χ3v) is 2.36. The third-order valence-electron chi connectivity index (χ3n) is 2.36. The van der Waals surface area contributed by atoms with Crippen molar-refractivity contribution in [1.82, 2.24) is 15.3 Å². The zero-order valence-electron chi connectivity index (χ0n) is 11.8. The van der Waals surface area contributed by atoms with Gasteiger partial charge in [-0.3, -0.25) is 0 Å². The monoisotopic (exact) mass is 266 g/mol. The Balaban J connectivity index is 2.29. The summed E-state index contributed by atoms with van der Waals surface area (Å²) in [6, 6.07) is 0. The molecule has 19 heavy (non-hydrogen) atoms. The molecule has 106 valence electrons. The van der Waals surface area contributed by atoms with E-state index in [0.29, 0.717) is 29.9 Å². The minimum atomic E-state index is 0.602. The molecule has 6 nitrogen and oxygen atoms in total. The van der Waals surface area contributed by atoms with E-state index in [-0.39, 0.29) is 0 Å². The number of rotatable bonds is 9. The second-order valence-corrected chi connectivity index (χ2v) is 3.92. The minimum Gasteiger partial charge on any atom is -0.491 e. The number of hydrogen-bond donors (Lipinski definition) is 2. The fourth-order valence-corrected chi connectivity index (χ4v) is 1.46. The molecule has 0 aliphatic heterocycles. The van der Waals surface area contributed by atoms with Crippen LogP contribution in [0.3, 0.4) is 0 Å². The average Bonchev–Trinajstić information content (AvgIpc) is 2.39. The Morgan fingerprint density at radius 1 is 1.47 bits per heavy atom. The van der Waals surface area contributed by atoms with E-state index < -0.39 is 0 Å². The van der Waals surface area contributed by atoms with E-state index in [0.717, 1.165) is 19.5 Å². The van der Waals surface area contributed by atoms with E-state index in [1.807, 2.05) is 13.8 Å². The molecule has 1 heterocycles. The zero-order chi connectivity index (χ0) is 14.1. The SMILES string of the molecule is C=C(NCC)OCCCNc1nc(C)ncc1OC. The minimum absolute atomic E-state index is 0.602. The van der Waals surface area contributed by atoms with E-state index >= 15 is 0 Å². The first-order valence-electron chi connectivity index (χ1n) is 6.34. The number of ether oxygens (including phenoxy) is 2. The van der Waals surface area contributed by atoms with Crippen molar-refractivity contribution in [2.75, 3.05) is 32.1 Å². The van der Waals surface area contributed by atoms with E-state index in [1.165, 1.54) is 0 Å². The lowest BCUT2D eigenvalue weighted by Crippen LogP contribution is -2.15. The Morgan fingerprint density at radius 3 is 2.95 bits per heavy atom. The molecule has 0 spiro atoms. The molecule has 0 amide bonds. The van der Waals surface area contributed by atoms with Crippen molar-refractivity contribution in [2.24, 2.45) is 0 Å². The second kappa shape index (κ2) is 8.18. The van der Waals surface area contributed by atoms with E-state index in [1.54, 1.807) is 13.3 Å². The highest BCUT2D eigenvalue weighted by Crippen LogP contribution is 2.19. The molecule has 0 bridgehead atoms. The van der Waals surface area contributed by atoms with Crippen molar-refractivity contribution in [1.29, 1.82) is 0 Å². The summed E-state index contributed by atoms with van der Waals surface area (Å²) in [5, 5.41) is 6.21. The van der Waals surface area contributed by atoms with Crippen LogP contribution in [0.2, 0.25) is 0 Å². The first-order chi connectivity index (χ1) is 9.17. The molecule has 0 aliphatic carbocycles. The Morgan fingerprint density at radius 2 is 2.26 bits per heavy atom. The summed E-state index contributed by atoms with van der Waals surface area (Å²) in [5.74, 6) is 2.67. The average molecular weight is 266 g/mol. The van der Waals surface area contributed by atoms with E-state index in [4.69, 9.17) is 9.47 Å². The Hall–Kier alpha value is -1.98. The summed E-state index contributed by atoms with van der Waals surface area (Å²) >= 11 is 0. The second-order valence-electron chi connectivity index (χ2n) is 3.92. The van der Waals surface area contributed by atoms with Gasteiger partial charge in [-0.2, -0.15) is 0 Å². The third kappa shape index (κ3) is 5.46. The van der Waals surface area contributed by atoms with Gasteiger partial charge in [0.15, 0.2) is 17.5 Å². The molecule has 0 aromatic carbocycles. The predicted molar refractivity (Wildman–Crippen MR) is 75.2 cm³/mol. The van der Waals surface area contributed by atoms with Crippen molar-refractivity contribution >= 4 is 5.82 Å². The van der Waals surface area contributed by atoms with Crippen LogP contribution in [-0.4, -0.2) is 36.8 Å². The van der Waals surface area contributed by atoms with Gasteiger partial charge in [-0.1, -0.05) is 0 Å². The first kappa shape index (κ1) is 15.1. The van der Waals surface area contributed by atoms with Crippen molar-refractivity contribution in [3.63, 3.8) is 0 Å². The molecule has 0 fully saturated rings. The molecule has 0 saturated carbocycles. The number of nitrogens with zero attached hydrogens (tertiary/aromatic N) is 2. The maximum atomic E-state index is 5.39. The smallest absolute Gasteiger partial charge is 0.179 e. The Bertz CT molecular complexity index is 410. The highest BCUT2D eigenvalue weighted by Gasteiger charge is 2.04. The first-order valence-corrected chi connectivity index (χ1v) is 6.34. The van der Waals surface area contributed by atoms with Crippen LogP contribution in [0.25, 0.3) is 0 Å². The van der Waals surface area contributed by atoms with Crippen LogP contribution in [0.15, 0.2) is 18.7 Å². The molecule has 1 rings (SSSR count). The summed E-state index contributed by atoms with van der Waals surface area (Å²) < 4.78 is 10.6. The van der Waals surface area contributed by atoms with Gasteiger partial charge in [0.2, 0.25) is 0 Å². The summed E-state index contributed by atoms with van der Waals surface area (Å²) in [7, 11) is 1.60. The van der Waals surface area contributed by atoms with Gasteiger partial charge in [0.25, 0.3) is 0 Å². The molecule has 0 saturated heterocycles. The number of hydrogen-bond acceptors (Lipinski definition) is 6. The molecule has 0 radical (unpaired) electrons. The standard InChI is InChI=1S/C13H22N4O2/c1-5-14-11(3)19-8-6-7-15-13-12(18-4)9-16-10(2)17-13/h9,14H,3,5-8H2,1-2,4H3,(H,15,16,17). The summed E-state index contributed by atoms with van der Waals surface area (Å²) in [6.45, 7) is 9.74. The number of anilines is 1. The molecular formula is C13H22N4O2. The predicted octanol–water partition coefficient (Wildman–Crippen LogP) is 1.69. The largest absolute Gasteiger partial charge is 0.491 e. The van der Waals surface area contributed by atoms with Crippen LogP contribution in [0.4, 0.5) is 5.82 Å². The van der Waals surface area contributed by atoms with E-state index in [9.17, 15) is 0 Å². The number of aromatic nitrogens is 2. The van der Waals surface area contributed by atoms with Gasteiger partial charge >= 0.3 is 0 Å². The van der Waals surface area contributed by atoms with Gasteiger partial charge < -0.3 is 20.1 Å². The molecule has 1 aromatic heterocycles. The summed E-state index contributed by atoms with van der Waals surface area (Å²) in [4.78, 5) is 8.37. The molecule has 2 N–H and O–H groups in total. The fraction of sp³-hybridized carbons (Fsp3) is 0.538. The fourth-order valence-electron chi connectivity index (χ4n) is 1.46. The normalized spacial score (nSPS) is 9.84. The van der Waals surface area contributed by atoms with Crippen LogP contribution in [0.5, 0.6) is 5.75 Å². The van der Waals surface area contributed by atoms with Crippen molar-refractivity contribution in [3.8, 4) is 5.75 Å². The van der Waals surface area contributed by atoms with Gasteiger partial charge in [-0.25, -0.2) is 9.97 Å². The van der Waals surface area contributed by atoms with Crippen molar-refractivity contribution < 1.29 is 9.47 Å². The molecule has 0 aliphatic rings. The van der Waals surface area contributed by atoms with Gasteiger partial charge in [0, 0.05) is 13.1 Å². The van der Waals surface area contributed by atoms with Gasteiger partial charge in [0.05, 0.1) is 19.9 Å². The van der Waals surface area contributed by atoms with E-state index in [2.05, 4.69) is 27.2 Å². The molecule has 6 heteroatoms. The lowest BCUT2D eigenvalue weighted by Gasteiger charge is -2.12. The van der Waals surface area contributed by atoms with Crippen LogP contribution in [0, 0.1) is 6.92 Å². The van der Waals surface area contributed by atoms with Crippen LogP contribution >= 0.6 is 0 Å². The lowest BCUT2D eigenvalue weighted by molar-refractivity contribution is 0.192. The van der Waals surface area contributed by atoms with Crippen molar-refractivity contribution in [2.45, 2.75) is 20.3 Å². The maximum Gasteiger partial charge on any atom is 0.179 e. The molecule has 1 aromatic rings. The Kier molecular flexibility index (Phi) is 6.49. The highest BCUT2D eigenvalue weighted by atomic mass is 16.5. The van der Waals surface area contributed by atoms with Crippen LogP contribution in [-0.2, 0) is 4.74 Å². The van der Waals surface area contributed by atoms with Gasteiger partial charge in [0.1, 0.15) is 5.82 Å². The zero-order valence-corrected chi connectivity index (χ0v) is 11.8. The summed E-state index contributed by atoms with van der Waals surface area (Å²) in [6.07, 6.45) is 2.50. The number of nitrogens with one attached hydrogen (secondary N) is 2. The maximum absolute atomic E-state index is 5.39. The van der Waals surface area contributed by atoms with Crippen molar-refractivity contribution in [3.05, 3.63) is 24.5 Å². The van der Waals surface area contributed by atoms with Crippen LogP contribution in [0.1, 0.15) is 19.2 Å². The topological polar surface area (TPSA) is 68.3 Å². The Labute approximate surface area is 114 Å². The number of aryl methyl sites for hydroxylation is 1.